The van der Waals surface area contributed by atoms with Crippen LogP contribution in [0.4, 0.5) is 11.6 Å². The minimum atomic E-state index is -0.0893. The van der Waals surface area contributed by atoms with Gasteiger partial charge in [0.05, 0.1) is 0 Å². The Morgan fingerprint density at radius 3 is 2.43 bits per heavy atom. The second-order valence-corrected chi connectivity index (χ2v) is 7.02. The first-order chi connectivity index (χ1) is 9.88. The minimum absolute atomic E-state index is 0.0893. The highest BCUT2D eigenvalue weighted by Gasteiger charge is 2.32. The van der Waals surface area contributed by atoms with Crippen molar-refractivity contribution in [3.63, 3.8) is 0 Å². The van der Waals surface area contributed by atoms with Crippen molar-refractivity contribution in [2.75, 3.05) is 16.9 Å². The van der Waals surface area contributed by atoms with E-state index in [4.69, 9.17) is 10.8 Å². The number of nitrogens with zero attached hydrogens (tertiary/aromatic N) is 3. The van der Waals surface area contributed by atoms with Crippen LogP contribution in [0.15, 0.2) is 0 Å². The number of unbranched alkanes of at least 4 members (excludes halogenated alkanes) is 1. The molecule has 1 aromatic rings. The molecule has 2 rings (SSSR count). The van der Waals surface area contributed by atoms with Gasteiger partial charge in [0.15, 0.2) is 0 Å². The van der Waals surface area contributed by atoms with Crippen molar-refractivity contribution in [2.24, 2.45) is 5.84 Å². The third-order valence-electron chi connectivity index (χ3n) is 3.94. The van der Waals surface area contributed by atoms with Crippen molar-refractivity contribution in [3.05, 3.63) is 11.4 Å². The van der Waals surface area contributed by atoms with Crippen molar-refractivity contribution in [3.8, 4) is 0 Å². The molecule has 0 spiro atoms. The van der Waals surface area contributed by atoms with Gasteiger partial charge in [0.1, 0.15) is 17.5 Å². The number of anilines is 2. The number of nitrogens with two attached hydrogens (primary N) is 1. The van der Waals surface area contributed by atoms with Crippen LogP contribution in [-0.4, -0.2) is 22.6 Å². The molecule has 0 aromatic carbocycles. The Labute approximate surface area is 128 Å². The van der Waals surface area contributed by atoms with Gasteiger partial charge in [-0.1, -0.05) is 34.1 Å². The summed E-state index contributed by atoms with van der Waals surface area (Å²) < 4.78 is 0. The molecule has 1 aromatic heterocycles. The lowest BCUT2D eigenvalue weighted by molar-refractivity contribution is 0.543. The van der Waals surface area contributed by atoms with Crippen LogP contribution in [0.1, 0.15) is 64.8 Å². The summed E-state index contributed by atoms with van der Waals surface area (Å²) in [6.07, 6.45) is 4.92. The molecule has 0 saturated heterocycles. The molecule has 21 heavy (non-hydrogen) atoms. The van der Waals surface area contributed by atoms with Crippen LogP contribution in [-0.2, 0) is 5.41 Å². The Hall–Kier alpha value is -1.36. The molecule has 0 amide bonds. The summed E-state index contributed by atoms with van der Waals surface area (Å²) in [5.41, 5.74) is 3.70. The van der Waals surface area contributed by atoms with E-state index in [-0.39, 0.29) is 5.41 Å². The predicted molar refractivity (Wildman–Crippen MR) is 88.6 cm³/mol. The average Bonchev–Trinajstić information content (AvgIpc) is 3.24. The van der Waals surface area contributed by atoms with Gasteiger partial charge in [0.25, 0.3) is 0 Å². The van der Waals surface area contributed by atoms with Gasteiger partial charge in [-0.3, -0.25) is 0 Å². The van der Waals surface area contributed by atoms with Gasteiger partial charge in [-0.15, -0.1) is 0 Å². The number of hydrogen-bond donors (Lipinski definition) is 2. The molecule has 1 aliphatic carbocycles. The van der Waals surface area contributed by atoms with Gasteiger partial charge in [-0.25, -0.2) is 15.8 Å². The number of nitrogen functional groups attached to an aromatic ring is 1. The Kier molecular flexibility index (Phi) is 4.71. The maximum absolute atomic E-state index is 5.66. The first-order valence-corrected chi connectivity index (χ1v) is 8.00. The molecule has 0 bridgehead atoms. The maximum atomic E-state index is 5.66. The van der Waals surface area contributed by atoms with Crippen LogP contribution < -0.4 is 16.2 Å². The highest BCUT2D eigenvalue weighted by Crippen LogP contribution is 2.35. The zero-order valence-electron chi connectivity index (χ0n) is 14.0. The van der Waals surface area contributed by atoms with Gasteiger partial charge in [-0.2, -0.15) is 0 Å². The molecule has 0 radical (unpaired) electrons. The molecular formula is C16H29N5. The summed E-state index contributed by atoms with van der Waals surface area (Å²) in [5, 5.41) is 0. The minimum Gasteiger partial charge on any atom is -0.353 e. The topological polar surface area (TPSA) is 67.1 Å². The molecule has 3 N–H and O–H groups in total. The van der Waals surface area contributed by atoms with Crippen LogP contribution in [0.5, 0.6) is 0 Å². The zero-order valence-corrected chi connectivity index (χ0v) is 14.0. The summed E-state index contributed by atoms with van der Waals surface area (Å²) in [6, 6.07) is 0.642. The van der Waals surface area contributed by atoms with E-state index < -0.39 is 0 Å². The predicted octanol–water partition coefficient (Wildman–Crippen LogP) is 3.14. The van der Waals surface area contributed by atoms with E-state index in [1.54, 1.807) is 0 Å². The van der Waals surface area contributed by atoms with Crippen LogP contribution in [0.3, 0.4) is 0 Å². The second kappa shape index (κ2) is 6.18. The zero-order chi connectivity index (χ0) is 15.6. The third kappa shape index (κ3) is 3.64. The normalized spacial score (nSPS) is 15.1. The fourth-order valence-corrected chi connectivity index (χ4v) is 2.44. The molecule has 0 atom stereocenters. The van der Waals surface area contributed by atoms with Crippen LogP contribution in [0.2, 0.25) is 0 Å². The molecule has 1 fully saturated rings. The molecule has 5 heteroatoms. The standard InChI is InChI=1S/C16H29N5/c1-6-7-10-21(12-8-9-12)14-11(2)13(20-17)18-15(19-14)16(3,4)5/h12H,6-10,17H2,1-5H3,(H,18,19,20). The van der Waals surface area contributed by atoms with Gasteiger partial charge < -0.3 is 10.3 Å². The van der Waals surface area contributed by atoms with Crippen LogP contribution >= 0.6 is 0 Å². The lowest BCUT2D eigenvalue weighted by atomic mass is 9.95. The third-order valence-corrected chi connectivity index (χ3v) is 3.94. The molecule has 1 saturated carbocycles. The first-order valence-electron chi connectivity index (χ1n) is 8.00. The van der Waals surface area contributed by atoms with Gasteiger partial charge in [0, 0.05) is 23.6 Å². The van der Waals surface area contributed by atoms with Crippen molar-refractivity contribution in [1.82, 2.24) is 9.97 Å². The SMILES string of the molecule is CCCCN(c1nc(C(C)(C)C)nc(NN)c1C)C1CC1. The van der Waals surface area contributed by atoms with E-state index in [0.717, 1.165) is 29.6 Å². The molecule has 1 aliphatic rings. The molecular weight excluding hydrogens is 262 g/mol. The number of nitrogens with one attached hydrogen (secondary N) is 1. The van der Waals surface area contributed by atoms with E-state index in [2.05, 4.69) is 49.9 Å². The fourth-order valence-electron chi connectivity index (χ4n) is 2.44. The summed E-state index contributed by atoms with van der Waals surface area (Å²) in [6.45, 7) is 11.7. The molecule has 118 valence electrons. The quantitative estimate of drug-likeness (QED) is 0.622. The van der Waals surface area contributed by atoms with E-state index in [0.29, 0.717) is 6.04 Å². The van der Waals surface area contributed by atoms with Crippen molar-refractivity contribution in [1.29, 1.82) is 0 Å². The summed E-state index contributed by atoms with van der Waals surface area (Å²) >= 11 is 0. The lowest BCUT2D eigenvalue weighted by Gasteiger charge is -2.28. The van der Waals surface area contributed by atoms with E-state index in [1.165, 1.54) is 25.7 Å². The average molecular weight is 291 g/mol. The summed E-state index contributed by atoms with van der Waals surface area (Å²) in [5.74, 6) is 8.31. The molecule has 5 nitrogen and oxygen atoms in total. The summed E-state index contributed by atoms with van der Waals surface area (Å²) in [4.78, 5) is 11.9. The Morgan fingerprint density at radius 1 is 1.29 bits per heavy atom. The largest absolute Gasteiger partial charge is 0.353 e. The monoisotopic (exact) mass is 291 g/mol. The number of hydrazine groups is 1. The first kappa shape index (κ1) is 16.0. The number of rotatable bonds is 6. The molecule has 1 heterocycles. The lowest BCUT2D eigenvalue weighted by Crippen LogP contribution is -2.31. The van der Waals surface area contributed by atoms with E-state index in [1.807, 2.05) is 0 Å². The molecule has 0 unspecified atom stereocenters. The van der Waals surface area contributed by atoms with E-state index >= 15 is 0 Å². The van der Waals surface area contributed by atoms with Crippen molar-refractivity contribution in [2.45, 2.75) is 71.8 Å². The van der Waals surface area contributed by atoms with Crippen molar-refractivity contribution >= 4 is 11.6 Å². The fraction of sp³-hybridized carbons (Fsp3) is 0.750. The summed E-state index contributed by atoms with van der Waals surface area (Å²) in [7, 11) is 0. The van der Waals surface area contributed by atoms with Crippen molar-refractivity contribution < 1.29 is 0 Å². The highest BCUT2D eigenvalue weighted by molar-refractivity contribution is 5.59. The van der Waals surface area contributed by atoms with Crippen LogP contribution in [0, 0.1) is 6.92 Å². The number of hydrogen-bond acceptors (Lipinski definition) is 5. The smallest absolute Gasteiger partial charge is 0.148 e. The van der Waals surface area contributed by atoms with Crippen LogP contribution in [0.25, 0.3) is 0 Å². The second-order valence-electron chi connectivity index (χ2n) is 7.02. The van der Waals surface area contributed by atoms with Gasteiger partial charge >= 0.3 is 0 Å². The maximum Gasteiger partial charge on any atom is 0.148 e. The van der Waals surface area contributed by atoms with E-state index in [9.17, 15) is 0 Å². The Morgan fingerprint density at radius 2 is 1.95 bits per heavy atom. The van der Waals surface area contributed by atoms with Gasteiger partial charge in [-0.05, 0) is 26.2 Å². The van der Waals surface area contributed by atoms with Gasteiger partial charge in [0.2, 0.25) is 0 Å². The Balaban J connectivity index is 2.44. The highest BCUT2D eigenvalue weighted by atomic mass is 15.3. The molecule has 0 aliphatic heterocycles. The number of aromatic nitrogens is 2. The Bertz CT molecular complexity index is 488.